The van der Waals surface area contributed by atoms with Crippen LogP contribution in [0, 0.1) is 11.2 Å². The Kier molecular flexibility index (Phi) is 9.38. The molecule has 2 aromatic rings. The zero-order valence-corrected chi connectivity index (χ0v) is 24.5. The zero-order valence-electron chi connectivity index (χ0n) is 24.5. The second-order valence-corrected chi connectivity index (χ2v) is 12.5. The Hall–Kier alpha value is -2.59. The summed E-state index contributed by atoms with van der Waals surface area (Å²) in [5, 5.41) is 13.7. The SMILES string of the molecule is O=C(O)[C@H](c1cc(F)ccc1[C@@H]1CCC2(CCOCC2)CO1)N1CC[C@@H](OCCCCc2ccc3c(n2)NCCC3)C1. The quantitative estimate of drug-likeness (QED) is 0.357. The lowest BCUT2D eigenvalue weighted by Gasteiger charge is -2.43. The maximum atomic E-state index is 14.5. The number of rotatable bonds is 10. The smallest absolute Gasteiger partial charge is 0.325 e. The molecular formula is C33H44FN3O5. The minimum absolute atomic E-state index is 0.0331. The number of anilines is 1. The zero-order chi connectivity index (χ0) is 28.9. The van der Waals surface area contributed by atoms with Crippen LogP contribution in [0.2, 0.25) is 0 Å². The highest BCUT2D eigenvalue weighted by molar-refractivity contribution is 5.76. The van der Waals surface area contributed by atoms with Gasteiger partial charge in [-0.25, -0.2) is 9.37 Å². The molecule has 3 saturated heterocycles. The number of aryl methyl sites for hydroxylation is 2. The molecule has 0 radical (unpaired) electrons. The molecule has 0 unspecified atom stereocenters. The van der Waals surface area contributed by atoms with Crippen molar-refractivity contribution in [2.45, 2.75) is 82.5 Å². The molecule has 228 valence electrons. The number of nitrogens with zero attached hydrogens (tertiary/aromatic N) is 2. The number of aliphatic carboxylic acids is 1. The van der Waals surface area contributed by atoms with Gasteiger partial charge in [-0.2, -0.15) is 0 Å². The van der Waals surface area contributed by atoms with Crippen LogP contribution in [0.15, 0.2) is 30.3 Å². The van der Waals surface area contributed by atoms with Crippen molar-refractivity contribution < 1.29 is 28.5 Å². The Morgan fingerprint density at radius 3 is 2.88 bits per heavy atom. The predicted molar refractivity (Wildman–Crippen MR) is 157 cm³/mol. The molecule has 5 heterocycles. The lowest BCUT2D eigenvalue weighted by atomic mass is 9.74. The molecule has 42 heavy (non-hydrogen) atoms. The largest absolute Gasteiger partial charge is 0.480 e. The summed E-state index contributed by atoms with van der Waals surface area (Å²) in [4.78, 5) is 19.3. The number of carboxylic acid groups (broad SMARTS) is 1. The fourth-order valence-corrected chi connectivity index (χ4v) is 7.17. The summed E-state index contributed by atoms with van der Waals surface area (Å²) in [6.45, 7) is 4.89. The second-order valence-electron chi connectivity index (χ2n) is 12.5. The molecule has 1 spiro atoms. The van der Waals surface area contributed by atoms with E-state index in [4.69, 9.17) is 19.2 Å². The summed E-state index contributed by atoms with van der Waals surface area (Å²) in [7, 11) is 0. The third kappa shape index (κ3) is 6.80. The van der Waals surface area contributed by atoms with E-state index in [-0.39, 0.29) is 17.6 Å². The molecule has 1 aromatic carbocycles. The van der Waals surface area contributed by atoms with Crippen LogP contribution in [0.5, 0.6) is 0 Å². The van der Waals surface area contributed by atoms with Crippen molar-refractivity contribution in [1.29, 1.82) is 0 Å². The van der Waals surface area contributed by atoms with Gasteiger partial charge in [-0.05, 0) is 105 Å². The number of pyridine rings is 1. The van der Waals surface area contributed by atoms with E-state index in [1.807, 2.05) is 4.90 Å². The Labute approximate surface area is 247 Å². The second kappa shape index (κ2) is 13.4. The normalized spacial score (nSPS) is 24.7. The molecule has 9 heteroatoms. The third-order valence-corrected chi connectivity index (χ3v) is 9.68. The van der Waals surface area contributed by atoms with E-state index in [0.29, 0.717) is 31.9 Å². The van der Waals surface area contributed by atoms with Crippen LogP contribution in [0.1, 0.15) is 85.9 Å². The fraction of sp³-hybridized carbons (Fsp3) is 0.636. The number of likely N-dealkylation sites (tertiary alicyclic amines) is 1. The highest BCUT2D eigenvalue weighted by Crippen LogP contribution is 2.45. The summed E-state index contributed by atoms with van der Waals surface area (Å²) in [6.07, 6.45) is 9.37. The van der Waals surface area contributed by atoms with E-state index < -0.39 is 17.8 Å². The standard InChI is InChI=1S/C33H44FN3O5/c34-24-7-9-27(29-10-12-33(22-42-29)13-18-40-19-14-33)28(20-24)30(32(38)39)37-16-11-26(21-37)41-17-2-1-5-25-8-6-23-4-3-15-35-31(23)36-25/h6-9,20,26,29-30H,1-5,10-19,21-22H2,(H,35,36)(H,38,39)/t26-,29+,30+/m1/s1. The summed E-state index contributed by atoms with van der Waals surface area (Å²) < 4.78 is 32.6. The first-order chi connectivity index (χ1) is 20.5. The van der Waals surface area contributed by atoms with Crippen LogP contribution >= 0.6 is 0 Å². The number of benzene rings is 1. The van der Waals surface area contributed by atoms with Gasteiger partial charge in [0.05, 0.1) is 18.8 Å². The number of halogens is 1. The average molecular weight is 582 g/mol. The first-order valence-corrected chi connectivity index (χ1v) is 15.8. The van der Waals surface area contributed by atoms with Crippen LogP contribution in [0.3, 0.4) is 0 Å². The first-order valence-electron chi connectivity index (χ1n) is 15.8. The molecule has 1 aromatic heterocycles. The van der Waals surface area contributed by atoms with Crippen molar-refractivity contribution in [3.63, 3.8) is 0 Å². The number of ether oxygens (including phenoxy) is 3. The van der Waals surface area contributed by atoms with Gasteiger partial charge in [0.25, 0.3) is 0 Å². The molecule has 0 amide bonds. The molecule has 0 bridgehead atoms. The van der Waals surface area contributed by atoms with E-state index in [1.165, 1.54) is 17.7 Å². The molecule has 0 saturated carbocycles. The number of carbonyl (C=O) groups is 1. The van der Waals surface area contributed by atoms with Crippen molar-refractivity contribution in [3.05, 3.63) is 58.5 Å². The third-order valence-electron chi connectivity index (χ3n) is 9.68. The Balaban J connectivity index is 1.02. The Bertz CT molecular complexity index is 1230. The highest BCUT2D eigenvalue weighted by Gasteiger charge is 2.41. The van der Waals surface area contributed by atoms with Crippen LogP contribution in [0.4, 0.5) is 10.2 Å². The van der Waals surface area contributed by atoms with Gasteiger partial charge >= 0.3 is 5.97 Å². The van der Waals surface area contributed by atoms with Gasteiger partial charge < -0.3 is 24.6 Å². The number of fused-ring (bicyclic) bond motifs is 1. The summed E-state index contributed by atoms with van der Waals surface area (Å²) in [6, 6.07) is 7.94. The monoisotopic (exact) mass is 581 g/mol. The van der Waals surface area contributed by atoms with Gasteiger partial charge in [-0.1, -0.05) is 12.1 Å². The molecule has 6 rings (SSSR count). The number of hydrogen-bond donors (Lipinski definition) is 2. The first kappa shape index (κ1) is 29.5. The molecule has 8 nitrogen and oxygen atoms in total. The number of hydrogen-bond acceptors (Lipinski definition) is 7. The van der Waals surface area contributed by atoms with E-state index in [9.17, 15) is 14.3 Å². The van der Waals surface area contributed by atoms with Crippen molar-refractivity contribution in [2.24, 2.45) is 5.41 Å². The average Bonchev–Trinajstić information content (AvgIpc) is 3.46. The lowest BCUT2D eigenvalue weighted by molar-refractivity contribution is -0.143. The number of aromatic nitrogens is 1. The highest BCUT2D eigenvalue weighted by atomic mass is 19.1. The minimum Gasteiger partial charge on any atom is -0.480 e. The van der Waals surface area contributed by atoms with E-state index in [0.717, 1.165) is 101 Å². The van der Waals surface area contributed by atoms with Crippen molar-refractivity contribution in [2.75, 3.05) is 51.4 Å². The van der Waals surface area contributed by atoms with Gasteiger partial charge in [0.2, 0.25) is 0 Å². The molecule has 3 fully saturated rings. The van der Waals surface area contributed by atoms with Crippen molar-refractivity contribution >= 4 is 11.8 Å². The van der Waals surface area contributed by atoms with Gasteiger partial charge in [0.15, 0.2) is 0 Å². The van der Waals surface area contributed by atoms with Gasteiger partial charge in [0, 0.05) is 45.1 Å². The molecular weight excluding hydrogens is 537 g/mol. The summed E-state index contributed by atoms with van der Waals surface area (Å²) in [5.74, 6) is -0.354. The minimum atomic E-state index is -0.966. The lowest BCUT2D eigenvalue weighted by Crippen LogP contribution is -2.39. The summed E-state index contributed by atoms with van der Waals surface area (Å²) in [5.41, 5.74) is 3.85. The molecule has 4 aliphatic rings. The number of carboxylic acids is 1. The Morgan fingerprint density at radius 2 is 2.07 bits per heavy atom. The molecule has 3 atom stereocenters. The van der Waals surface area contributed by atoms with Crippen molar-refractivity contribution in [1.82, 2.24) is 9.88 Å². The van der Waals surface area contributed by atoms with Gasteiger partial charge in [0.1, 0.15) is 17.7 Å². The van der Waals surface area contributed by atoms with Gasteiger partial charge in [-0.15, -0.1) is 0 Å². The Morgan fingerprint density at radius 1 is 1.19 bits per heavy atom. The van der Waals surface area contributed by atoms with E-state index >= 15 is 0 Å². The predicted octanol–water partition coefficient (Wildman–Crippen LogP) is 5.47. The fourth-order valence-electron chi connectivity index (χ4n) is 7.17. The van der Waals surface area contributed by atoms with Crippen LogP contribution in [-0.2, 0) is 31.8 Å². The van der Waals surface area contributed by atoms with Crippen LogP contribution < -0.4 is 5.32 Å². The summed E-state index contributed by atoms with van der Waals surface area (Å²) >= 11 is 0. The van der Waals surface area contributed by atoms with Crippen LogP contribution in [0.25, 0.3) is 0 Å². The number of nitrogens with one attached hydrogen (secondary N) is 1. The number of unbranched alkanes of at least 4 members (excludes halogenated alkanes) is 1. The van der Waals surface area contributed by atoms with E-state index in [2.05, 4.69) is 17.4 Å². The molecule has 4 aliphatic heterocycles. The molecule has 2 N–H and O–H groups in total. The van der Waals surface area contributed by atoms with Crippen LogP contribution in [-0.4, -0.2) is 73.1 Å². The van der Waals surface area contributed by atoms with Crippen molar-refractivity contribution in [3.8, 4) is 0 Å². The maximum absolute atomic E-state index is 14.5. The topological polar surface area (TPSA) is 93.2 Å². The van der Waals surface area contributed by atoms with Gasteiger partial charge in [-0.3, -0.25) is 9.69 Å². The molecule has 0 aliphatic carbocycles. The maximum Gasteiger partial charge on any atom is 0.325 e. The van der Waals surface area contributed by atoms with E-state index in [1.54, 1.807) is 6.07 Å².